The van der Waals surface area contributed by atoms with E-state index >= 15 is 0 Å². The molecule has 5 amide bonds. The molecule has 0 fully saturated rings. The summed E-state index contributed by atoms with van der Waals surface area (Å²) in [6.07, 6.45) is 0.255. The van der Waals surface area contributed by atoms with E-state index < -0.39 is 53.5 Å². The van der Waals surface area contributed by atoms with E-state index in [0.717, 1.165) is 10.5 Å². The van der Waals surface area contributed by atoms with Crippen LogP contribution in [0.1, 0.15) is 37.0 Å². The maximum Gasteiger partial charge on any atom is 0.245 e. The molecule has 0 aliphatic carbocycles. The van der Waals surface area contributed by atoms with Crippen LogP contribution in [0, 0.1) is 11.7 Å². The molecule has 12 heteroatoms. The van der Waals surface area contributed by atoms with Gasteiger partial charge in [-0.3, -0.25) is 24.0 Å². The van der Waals surface area contributed by atoms with Gasteiger partial charge in [-0.05, 0) is 53.3 Å². The van der Waals surface area contributed by atoms with Gasteiger partial charge in [-0.2, -0.15) is 0 Å². The Bertz CT molecular complexity index is 1600. The quantitative estimate of drug-likeness (QED) is 0.289. The van der Waals surface area contributed by atoms with E-state index in [1.165, 1.54) is 25.2 Å². The summed E-state index contributed by atoms with van der Waals surface area (Å²) in [5.41, 5.74) is 7.20. The summed E-state index contributed by atoms with van der Waals surface area (Å²) >= 11 is 0. The van der Waals surface area contributed by atoms with E-state index in [0.29, 0.717) is 16.9 Å². The zero-order chi connectivity index (χ0) is 34.1. The molecule has 3 atom stereocenters. The van der Waals surface area contributed by atoms with Crippen molar-refractivity contribution in [2.75, 3.05) is 13.6 Å². The number of nitrogens with two attached hydrogens (primary N) is 1. The molecule has 2 aliphatic heterocycles. The molecule has 5 rings (SSSR count). The Hall–Kier alpha value is -5.26. The number of nitrogens with zero attached hydrogens (tertiary/aromatic N) is 1. The number of fused-ring (bicyclic) bond motifs is 12. The Morgan fingerprint density at radius 1 is 0.915 bits per heavy atom. The number of carbonyl (C=O) groups is 5. The van der Waals surface area contributed by atoms with E-state index in [4.69, 9.17) is 10.5 Å². The number of nitrogens with one attached hydrogen (secondary N) is 3. The van der Waals surface area contributed by atoms with Gasteiger partial charge in [-0.25, -0.2) is 4.39 Å². The SMILES string of the molecule is CC(C)C[C@@H]1NC(=O)[C@@H](Cc2ccccc2)NC(=O)Cc2ccc(F)c(c2)Oc2ccc(cc2)C[C@@H](C(=O)N(C)CC(N)=O)NC1=O. The smallest absolute Gasteiger partial charge is 0.245 e. The van der Waals surface area contributed by atoms with Gasteiger partial charge in [0, 0.05) is 19.9 Å². The van der Waals surface area contributed by atoms with E-state index in [-0.39, 0.29) is 43.9 Å². The number of ether oxygens (including phenoxy) is 1. The largest absolute Gasteiger partial charge is 0.454 e. The third kappa shape index (κ3) is 10.1. The number of hydrogen-bond acceptors (Lipinski definition) is 6. The molecule has 0 saturated heterocycles. The molecule has 47 heavy (non-hydrogen) atoms. The lowest BCUT2D eigenvalue weighted by Crippen LogP contribution is -2.58. The van der Waals surface area contributed by atoms with Gasteiger partial charge in [0.25, 0.3) is 0 Å². The van der Waals surface area contributed by atoms with Gasteiger partial charge < -0.3 is 31.3 Å². The number of likely N-dealkylation sites (N-methyl/N-ethyl adjacent to an activating group) is 1. The second-order valence-corrected chi connectivity index (χ2v) is 12.1. The number of halogens is 1. The van der Waals surface area contributed by atoms with Crippen molar-refractivity contribution in [3.8, 4) is 11.5 Å². The van der Waals surface area contributed by atoms with Gasteiger partial charge in [-0.1, -0.05) is 62.4 Å². The average molecular weight is 646 g/mol. The minimum absolute atomic E-state index is 0.0262. The van der Waals surface area contributed by atoms with Crippen molar-refractivity contribution in [2.24, 2.45) is 11.7 Å². The fourth-order valence-corrected chi connectivity index (χ4v) is 5.31. The third-order valence-electron chi connectivity index (χ3n) is 7.61. The molecule has 0 saturated carbocycles. The molecule has 248 valence electrons. The maximum atomic E-state index is 14.7. The Morgan fingerprint density at radius 3 is 2.23 bits per heavy atom. The monoisotopic (exact) mass is 645 g/mol. The minimum atomic E-state index is -1.12. The van der Waals surface area contributed by atoms with Crippen LogP contribution in [0.5, 0.6) is 11.5 Å². The van der Waals surface area contributed by atoms with E-state index in [9.17, 15) is 28.4 Å². The van der Waals surface area contributed by atoms with Crippen molar-refractivity contribution >= 4 is 29.5 Å². The first kappa shape index (κ1) is 34.6. The lowest BCUT2D eigenvalue weighted by Gasteiger charge is -2.28. The highest BCUT2D eigenvalue weighted by atomic mass is 19.1. The van der Waals surface area contributed by atoms with Crippen LogP contribution < -0.4 is 26.4 Å². The molecule has 3 aromatic carbocycles. The first-order valence-electron chi connectivity index (χ1n) is 15.4. The van der Waals surface area contributed by atoms with Crippen LogP contribution in [0.15, 0.2) is 72.8 Å². The first-order chi connectivity index (χ1) is 22.4. The van der Waals surface area contributed by atoms with E-state index in [2.05, 4.69) is 16.0 Å². The normalized spacial score (nSPS) is 18.9. The van der Waals surface area contributed by atoms with Crippen LogP contribution in [0.3, 0.4) is 0 Å². The molecule has 0 aromatic heterocycles. The van der Waals surface area contributed by atoms with Crippen LogP contribution in [0.25, 0.3) is 0 Å². The molecule has 0 spiro atoms. The lowest BCUT2D eigenvalue weighted by molar-refractivity contribution is -0.138. The number of benzene rings is 3. The number of carbonyl (C=O) groups excluding carboxylic acids is 5. The summed E-state index contributed by atoms with van der Waals surface area (Å²) in [5.74, 6) is -3.42. The van der Waals surface area contributed by atoms with Gasteiger partial charge in [0.1, 0.15) is 23.9 Å². The first-order valence-corrected chi connectivity index (χ1v) is 15.4. The average Bonchev–Trinajstić information content (AvgIpc) is 3.01. The summed E-state index contributed by atoms with van der Waals surface area (Å²) in [7, 11) is 1.40. The predicted octanol–water partition coefficient (Wildman–Crippen LogP) is 2.40. The number of hydrogen-bond donors (Lipinski definition) is 4. The van der Waals surface area contributed by atoms with Crippen LogP contribution in [0.2, 0.25) is 0 Å². The summed E-state index contributed by atoms with van der Waals surface area (Å²) < 4.78 is 20.5. The molecular formula is C35H40FN5O6. The van der Waals surface area contributed by atoms with Crippen LogP contribution in [0.4, 0.5) is 4.39 Å². The van der Waals surface area contributed by atoms with Crippen molar-refractivity contribution in [3.63, 3.8) is 0 Å². The molecule has 2 aliphatic rings. The number of primary amides is 1. The summed E-state index contributed by atoms with van der Waals surface area (Å²) in [5, 5.41) is 8.34. The summed E-state index contributed by atoms with van der Waals surface area (Å²) in [6, 6.07) is 16.5. The van der Waals surface area contributed by atoms with Crippen molar-refractivity contribution in [1.82, 2.24) is 20.9 Å². The summed E-state index contributed by atoms with van der Waals surface area (Å²) in [6.45, 7) is 3.41. The van der Waals surface area contributed by atoms with Crippen molar-refractivity contribution in [2.45, 2.75) is 57.7 Å². The zero-order valence-corrected chi connectivity index (χ0v) is 26.6. The Balaban J connectivity index is 1.73. The third-order valence-corrected chi connectivity index (χ3v) is 7.61. The fourth-order valence-electron chi connectivity index (χ4n) is 5.31. The summed E-state index contributed by atoms with van der Waals surface area (Å²) in [4.78, 5) is 67.0. The van der Waals surface area contributed by atoms with Crippen molar-refractivity contribution in [1.29, 1.82) is 0 Å². The molecular weight excluding hydrogens is 605 g/mol. The maximum absolute atomic E-state index is 14.7. The highest BCUT2D eigenvalue weighted by molar-refractivity contribution is 5.95. The molecule has 11 nitrogen and oxygen atoms in total. The molecule has 0 unspecified atom stereocenters. The molecule has 2 heterocycles. The van der Waals surface area contributed by atoms with Gasteiger partial charge in [0.2, 0.25) is 29.5 Å². The Morgan fingerprint density at radius 2 is 1.57 bits per heavy atom. The Kier molecular flexibility index (Phi) is 11.7. The molecule has 5 N–H and O–H groups in total. The predicted molar refractivity (Wildman–Crippen MR) is 173 cm³/mol. The van der Waals surface area contributed by atoms with Crippen molar-refractivity contribution in [3.05, 3.63) is 95.3 Å². The topological polar surface area (TPSA) is 160 Å². The van der Waals surface area contributed by atoms with Gasteiger partial charge in [0.05, 0.1) is 13.0 Å². The van der Waals surface area contributed by atoms with E-state index in [1.807, 2.05) is 44.2 Å². The molecule has 3 aromatic rings. The highest BCUT2D eigenvalue weighted by Gasteiger charge is 2.32. The highest BCUT2D eigenvalue weighted by Crippen LogP contribution is 2.26. The van der Waals surface area contributed by atoms with Gasteiger partial charge in [-0.15, -0.1) is 0 Å². The number of rotatable bonds is 7. The van der Waals surface area contributed by atoms with Crippen LogP contribution >= 0.6 is 0 Å². The Labute approximate surface area is 273 Å². The second-order valence-electron chi connectivity index (χ2n) is 12.1. The standard InChI is InChI=1S/C35H40FN5O6/c1-21(2)15-27-33(44)40-29(35(46)41(3)20-31(37)42)17-23-9-12-25(13-10-23)47-30-18-24(11-14-26(30)36)19-32(43)38-28(34(45)39-27)16-22-7-5-4-6-8-22/h4-14,18,21,27-29H,15-17,19-20H2,1-3H3,(H2,37,42)(H,38,43)(H,39,45)(H,40,44)/t27-,28+,29-/m0/s1. The van der Waals surface area contributed by atoms with Gasteiger partial charge in [0.15, 0.2) is 11.6 Å². The molecule has 4 bridgehead atoms. The second kappa shape index (κ2) is 15.8. The number of amides is 5. The van der Waals surface area contributed by atoms with Crippen LogP contribution in [-0.4, -0.2) is 66.2 Å². The minimum Gasteiger partial charge on any atom is -0.454 e. The van der Waals surface area contributed by atoms with E-state index in [1.54, 1.807) is 24.3 Å². The van der Waals surface area contributed by atoms with Gasteiger partial charge >= 0.3 is 0 Å². The lowest BCUT2D eigenvalue weighted by atomic mass is 9.99. The van der Waals surface area contributed by atoms with Crippen molar-refractivity contribution < 1.29 is 33.1 Å². The van der Waals surface area contributed by atoms with Crippen LogP contribution in [-0.2, 0) is 43.2 Å². The zero-order valence-electron chi connectivity index (χ0n) is 26.6. The fraction of sp³-hybridized carbons (Fsp3) is 0.343. The molecule has 0 radical (unpaired) electrons.